The van der Waals surface area contributed by atoms with E-state index in [-0.39, 0.29) is 35.8 Å². The molecular weight excluding hydrogens is 452 g/mol. The predicted octanol–water partition coefficient (Wildman–Crippen LogP) is 3.32. The second kappa shape index (κ2) is 10.7. The number of nitrogens with one attached hydrogen (secondary N) is 3. The van der Waals surface area contributed by atoms with Gasteiger partial charge in [-0.15, -0.1) is 0 Å². The number of fused-ring (bicyclic) bond motifs is 1. The molecule has 4 rings (SSSR count). The number of nitrogens with zero attached hydrogens (tertiary/aromatic N) is 1. The van der Waals surface area contributed by atoms with Gasteiger partial charge in [0.1, 0.15) is 0 Å². The van der Waals surface area contributed by atoms with Gasteiger partial charge in [-0.1, -0.05) is 48.5 Å². The predicted molar refractivity (Wildman–Crippen MR) is 132 cm³/mol. The molecule has 8 nitrogen and oxygen atoms in total. The van der Waals surface area contributed by atoms with Gasteiger partial charge in [0.05, 0.1) is 4.90 Å². The maximum absolute atomic E-state index is 12.6. The van der Waals surface area contributed by atoms with Crippen LogP contribution in [0.5, 0.6) is 0 Å². The molecule has 34 heavy (non-hydrogen) atoms. The first-order chi connectivity index (χ1) is 16.4. The number of piperidine rings is 1. The van der Waals surface area contributed by atoms with E-state index in [0.29, 0.717) is 25.9 Å². The van der Waals surface area contributed by atoms with E-state index in [4.69, 9.17) is 0 Å². The minimum Gasteiger partial charge on any atom is -0.343 e. The number of hydrogen-bond acceptors (Lipinski definition) is 4. The van der Waals surface area contributed by atoms with Crippen molar-refractivity contribution in [2.24, 2.45) is 0 Å². The molecule has 0 spiro atoms. The van der Waals surface area contributed by atoms with Gasteiger partial charge < -0.3 is 15.5 Å². The Morgan fingerprint density at radius 2 is 1.56 bits per heavy atom. The monoisotopic (exact) mass is 480 g/mol. The molecule has 3 aromatic rings. The molecule has 178 valence electrons. The Kier molecular flexibility index (Phi) is 7.44. The van der Waals surface area contributed by atoms with Gasteiger partial charge in [-0.2, -0.15) is 0 Å². The largest absolute Gasteiger partial charge is 0.343 e. The summed E-state index contributed by atoms with van der Waals surface area (Å²) >= 11 is 0. The van der Waals surface area contributed by atoms with E-state index in [1.54, 1.807) is 23.1 Å². The highest BCUT2D eigenvalue weighted by Crippen LogP contribution is 2.19. The summed E-state index contributed by atoms with van der Waals surface area (Å²) in [5.41, 5.74) is 0.721. The van der Waals surface area contributed by atoms with Crippen LogP contribution in [-0.4, -0.2) is 50.9 Å². The van der Waals surface area contributed by atoms with Crippen molar-refractivity contribution in [3.8, 4) is 0 Å². The average Bonchev–Trinajstić information content (AvgIpc) is 2.84. The van der Waals surface area contributed by atoms with E-state index in [2.05, 4.69) is 15.4 Å². The number of para-hydroxylation sites is 1. The van der Waals surface area contributed by atoms with Crippen LogP contribution in [0.4, 0.5) is 10.5 Å². The van der Waals surface area contributed by atoms with Crippen molar-refractivity contribution >= 4 is 38.4 Å². The van der Waals surface area contributed by atoms with E-state index in [1.165, 1.54) is 0 Å². The lowest BCUT2D eigenvalue weighted by molar-refractivity contribution is -0.132. The van der Waals surface area contributed by atoms with Crippen LogP contribution in [0.2, 0.25) is 0 Å². The van der Waals surface area contributed by atoms with Crippen LogP contribution in [0.3, 0.4) is 0 Å². The van der Waals surface area contributed by atoms with Crippen LogP contribution in [0, 0.1) is 0 Å². The molecule has 1 aliphatic heterocycles. The lowest BCUT2D eigenvalue weighted by atomic mass is 10.0. The summed E-state index contributed by atoms with van der Waals surface area (Å²) in [5.74, 6) is -0.103. The van der Waals surface area contributed by atoms with Crippen LogP contribution in [0.25, 0.3) is 10.8 Å². The topological polar surface area (TPSA) is 108 Å². The number of benzene rings is 3. The molecule has 0 unspecified atom stereocenters. The molecule has 0 aliphatic carbocycles. The first kappa shape index (κ1) is 23.7. The first-order valence-electron chi connectivity index (χ1n) is 11.3. The minimum atomic E-state index is -3.70. The summed E-state index contributed by atoms with van der Waals surface area (Å²) in [7, 11) is -3.70. The maximum Gasteiger partial charge on any atom is 0.319 e. The van der Waals surface area contributed by atoms with Crippen molar-refractivity contribution in [1.82, 2.24) is 14.9 Å². The Morgan fingerprint density at radius 1 is 0.882 bits per heavy atom. The van der Waals surface area contributed by atoms with E-state index >= 15 is 0 Å². The summed E-state index contributed by atoms with van der Waals surface area (Å²) < 4.78 is 27.8. The smallest absolute Gasteiger partial charge is 0.319 e. The van der Waals surface area contributed by atoms with Gasteiger partial charge in [-0.3, -0.25) is 4.79 Å². The second-order valence-electron chi connectivity index (χ2n) is 8.28. The van der Waals surface area contributed by atoms with Crippen molar-refractivity contribution in [2.45, 2.75) is 30.2 Å². The first-order valence-corrected chi connectivity index (χ1v) is 12.8. The molecule has 1 saturated heterocycles. The fourth-order valence-electron chi connectivity index (χ4n) is 4.02. The number of anilines is 1. The van der Waals surface area contributed by atoms with E-state index in [1.807, 2.05) is 54.6 Å². The maximum atomic E-state index is 12.6. The molecule has 3 aromatic carbocycles. The molecule has 3 N–H and O–H groups in total. The number of sulfonamides is 1. The van der Waals surface area contributed by atoms with Gasteiger partial charge in [-0.25, -0.2) is 17.9 Å². The summed E-state index contributed by atoms with van der Waals surface area (Å²) in [4.78, 5) is 26.6. The van der Waals surface area contributed by atoms with Crippen molar-refractivity contribution in [3.63, 3.8) is 0 Å². The normalized spacial score (nSPS) is 14.6. The minimum absolute atomic E-state index is 0.0147. The summed E-state index contributed by atoms with van der Waals surface area (Å²) in [6, 6.07) is 21.4. The highest BCUT2D eigenvalue weighted by Gasteiger charge is 2.24. The molecule has 0 atom stereocenters. The number of hydrogen-bond donors (Lipinski definition) is 3. The lowest BCUT2D eigenvalue weighted by Crippen LogP contribution is -2.48. The Morgan fingerprint density at radius 3 is 2.29 bits per heavy atom. The third-order valence-corrected chi connectivity index (χ3v) is 7.34. The molecule has 0 radical (unpaired) electrons. The van der Waals surface area contributed by atoms with Crippen LogP contribution in [0.1, 0.15) is 19.3 Å². The van der Waals surface area contributed by atoms with Crippen LogP contribution < -0.4 is 15.4 Å². The molecule has 0 aromatic heterocycles. The number of likely N-dealkylation sites (tertiary alicyclic amines) is 1. The second-order valence-corrected chi connectivity index (χ2v) is 10.0. The zero-order valence-electron chi connectivity index (χ0n) is 18.7. The van der Waals surface area contributed by atoms with Gasteiger partial charge in [0.2, 0.25) is 15.9 Å². The Hall–Kier alpha value is -3.43. The van der Waals surface area contributed by atoms with Gasteiger partial charge in [0.25, 0.3) is 0 Å². The van der Waals surface area contributed by atoms with E-state index < -0.39 is 10.0 Å². The Labute approximate surface area is 199 Å². The Balaban J connectivity index is 1.20. The zero-order chi connectivity index (χ0) is 24.0. The fourth-order valence-corrected chi connectivity index (χ4v) is 5.08. The highest BCUT2D eigenvalue weighted by molar-refractivity contribution is 7.89. The van der Waals surface area contributed by atoms with Crippen LogP contribution in [0.15, 0.2) is 77.7 Å². The van der Waals surface area contributed by atoms with Gasteiger partial charge in [0, 0.05) is 37.8 Å². The van der Waals surface area contributed by atoms with Crippen LogP contribution in [-0.2, 0) is 14.8 Å². The zero-order valence-corrected chi connectivity index (χ0v) is 19.6. The number of rotatable bonds is 7. The molecule has 0 bridgehead atoms. The average molecular weight is 481 g/mol. The Bertz CT molecular complexity index is 1260. The highest BCUT2D eigenvalue weighted by atomic mass is 32.2. The number of amides is 3. The van der Waals surface area contributed by atoms with E-state index in [0.717, 1.165) is 16.5 Å². The molecule has 9 heteroatoms. The molecule has 0 saturated carbocycles. The molecular formula is C25H28N4O4S. The fraction of sp³-hybridized carbons (Fsp3) is 0.280. The van der Waals surface area contributed by atoms with Gasteiger partial charge in [-0.05, 0) is 47.9 Å². The summed E-state index contributed by atoms with van der Waals surface area (Å²) in [6.07, 6.45) is 1.38. The SMILES string of the molecule is O=C(Nc1ccccc1)NC1CCN(C(=O)CCNS(=O)(=O)c2ccc3ccccc3c2)CC1. The molecule has 1 heterocycles. The number of carbonyl (C=O) groups is 2. The summed E-state index contributed by atoms with van der Waals surface area (Å²) in [5, 5.41) is 7.54. The third kappa shape index (κ3) is 6.12. The standard InChI is InChI=1S/C25H28N4O4S/c30-24(12-15-26-34(32,33)23-11-10-19-6-4-5-7-20(19)18-23)29-16-13-22(14-17-29)28-25(31)27-21-8-2-1-3-9-21/h1-11,18,22,26H,12-17H2,(H2,27,28,31). The molecule has 1 aliphatic rings. The molecule has 1 fully saturated rings. The molecule has 3 amide bonds. The van der Waals surface area contributed by atoms with Crippen molar-refractivity contribution in [3.05, 3.63) is 72.8 Å². The number of carbonyl (C=O) groups excluding carboxylic acids is 2. The summed E-state index contributed by atoms with van der Waals surface area (Å²) in [6.45, 7) is 1.07. The lowest BCUT2D eigenvalue weighted by Gasteiger charge is -2.32. The van der Waals surface area contributed by atoms with E-state index in [9.17, 15) is 18.0 Å². The number of urea groups is 1. The quantitative estimate of drug-likeness (QED) is 0.482. The van der Waals surface area contributed by atoms with Crippen molar-refractivity contribution in [2.75, 3.05) is 25.0 Å². The van der Waals surface area contributed by atoms with Gasteiger partial charge in [0.15, 0.2) is 0 Å². The van der Waals surface area contributed by atoms with Crippen molar-refractivity contribution < 1.29 is 18.0 Å². The van der Waals surface area contributed by atoms with Crippen LogP contribution >= 0.6 is 0 Å². The van der Waals surface area contributed by atoms with Gasteiger partial charge >= 0.3 is 6.03 Å². The van der Waals surface area contributed by atoms with Crippen molar-refractivity contribution in [1.29, 1.82) is 0 Å². The third-order valence-electron chi connectivity index (χ3n) is 5.88.